The Kier molecular flexibility index (Phi) is 12.3. The molecule has 1 radical (unpaired) electrons. The number of hydrogen-bond acceptors (Lipinski definition) is 4. The number of aromatic nitrogens is 1. The summed E-state index contributed by atoms with van der Waals surface area (Å²) in [6, 6.07) is 25.2. The zero-order chi connectivity index (χ0) is 30.4. The van der Waals surface area contributed by atoms with E-state index in [1.54, 1.807) is 11.3 Å². The molecule has 0 atom stereocenters. The molecule has 0 fully saturated rings. The summed E-state index contributed by atoms with van der Waals surface area (Å²) in [5, 5.41) is 14.8. The van der Waals surface area contributed by atoms with Crippen LogP contribution in [0.15, 0.2) is 78.7 Å². The first kappa shape index (κ1) is 34.6. The number of carbonyl (C=O) groups is 1. The molecule has 1 N–H and O–H groups in total. The number of aliphatic hydroxyl groups excluding tert-OH is 1. The van der Waals surface area contributed by atoms with Crippen molar-refractivity contribution in [3.8, 4) is 11.3 Å². The molecule has 0 aliphatic heterocycles. The quantitative estimate of drug-likeness (QED) is 0.0971. The van der Waals surface area contributed by atoms with Crippen molar-refractivity contribution in [1.29, 1.82) is 0 Å². The van der Waals surface area contributed by atoms with E-state index in [0.29, 0.717) is 0 Å². The first-order valence-corrected chi connectivity index (χ1v) is 16.1. The molecule has 0 aliphatic rings. The number of ketones is 1. The van der Waals surface area contributed by atoms with Crippen LogP contribution in [-0.2, 0) is 30.3 Å². The minimum atomic E-state index is 0. The van der Waals surface area contributed by atoms with Gasteiger partial charge < -0.3 is 5.11 Å². The van der Waals surface area contributed by atoms with Crippen LogP contribution >= 0.6 is 11.3 Å². The number of carbonyl (C=O) groups excluding carboxylic acids is 1. The van der Waals surface area contributed by atoms with Crippen molar-refractivity contribution in [2.45, 2.75) is 79.6 Å². The number of nitrogens with zero attached hydrogens (tertiary/aromatic N) is 1. The summed E-state index contributed by atoms with van der Waals surface area (Å²) in [5.74, 6) is 0.547. The van der Waals surface area contributed by atoms with Crippen LogP contribution in [0, 0.1) is 17.9 Å². The van der Waals surface area contributed by atoms with Gasteiger partial charge in [-0.3, -0.25) is 9.78 Å². The van der Waals surface area contributed by atoms with Gasteiger partial charge >= 0.3 is 0 Å². The summed E-state index contributed by atoms with van der Waals surface area (Å²) < 4.78 is 2.54. The predicted molar refractivity (Wildman–Crippen MR) is 181 cm³/mol. The summed E-state index contributed by atoms with van der Waals surface area (Å²) >= 11 is 1.80. The number of pyridine rings is 1. The maximum absolute atomic E-state index is 11.7. The van der Waals surface area contributed by atoms with Crippen LogP contribution in [0.3, 0.4) is 0 Å². The number of thiophene rings is 1. The Labute approximate surface area is 274 Å². The molecule has 0 aliphatic carbocycles. The fourth-order valence-electron chi connectivity index (χ4n) is 5.55. The molecule has 0 bridgehead atoms. The number of aliphatic hydroxyl groups is 1. The molecule has 3 aromatic carbocycles. The molecule has 0 unspecified atom stereocenters. The average Bonchev–Trinajstić information content (AvgIpc) is 3.35. The molecule has 5 aromatic rings. The van der Waals surface area contributed by atoms with E-state index in [-0.39, 0.29) is 48.9 Å². The number of hydrogen-bond donors (Lipinski definition) is 1. The van der Waals surface area contributed by atoms with Crippen LogP contribution in [0.5, 0.6) is 0 Å². The van der Waals surface area contributed by atoms with E-state index in [0.717, 1.165) is 42.3 Å². The third-order valence-corrected chi connectivity index (χ3v) is 9.33. The third-order valence-electron chi connectivity index (χ3n) is 8.21. The normalized spacial score (nSPS) is 12.1. The smallest absolute Gasteiger partial charge is 0.162 e. The van der Waals surface area contributed by atoms with Crippen molar-refractivity contribution in [1.82, 2.24) is 4.98 Å². The molecular weight excluding hydrogens is 727 g/mol. The molecule has 0 saturated carbocycles. The van der Waals surface area contributed by atoms with Crippen LogP contribution in [-0.4, -0.2) is 15.9 Å². The molecule has 2 heterocycles. The van der Waals surface area contributed by atoms with Crippen molar-refractivity contribution in [3.63, 3.8) is 0 Å². The van der Waals surface area contributed by atoms with Crippen LogP contribution in [0.1, 0.15) is 79.7 Å². The van der Waals surface area contributed by atoms with E-state index in [1.807, 2.05) is 33.9 Å². The maximum Gasteiger partial charge on any atom is 0.162 e. The second-order valence-electron chi connectivity index (χ2n) is 12.1. The Morgan fingerprint density at radius 2 is 1.47 bits per heavy atom. The SMILES string of the molecule is CC(C)(C)c1cc(-c2cc3c(cn2)sc2ccccc23)[c-]c2ccccc12.CCC(CC)C(=O)/C=C(\O)C(CC)CC.[Ir]. The van der Waals surface area contributed by atoms with Crippen molar-refractivity contribution in [2.24, 2.45) is 11.8 Å². The van der Waals surface area contributed by atoms with Crippen LogP contribution in [0.4, 0.5) is 0 Å². The number of allylic oxidation sites excluding steroid dienone is 2. The van der Waals surface area contributed by atoms with Gasteiger partial charge in [-0.1, -0.05) is 102 Å². The molecule has 43 heavy (non-hydrogen) atoms. The summed E-state index contributed by atoms with van der Waals surface area (Å²) in [4.78, 5) is 16.5. The predicted octanol–water partition coefficient (Wildman–Crippen LogP) is 11.2. The first-order chi connectivity index (χ1) is 20.1. The molecule has 0 saturated heterocycles. The molecular formula is C38H44IrNO2S-. The standard InChI is InChI=1S/C25H20NS.C13H24O2.Ir/c1-25(2,3)21-13-17(12-16-8-4-5-9-18(16)21)22-14-20-19-10-6-7-11-23(19)27-24(20)15-26-22;1-5-10(6-2)12(14)9-13(15)11(7-3)8-4;/h4-11,13-15H,1-3H3;9-11,14H,5-8H2,1-4H3;/q-1;;/b;12-9-;. The number of benzene rings is 3. The monoisotopic (exact) mass is 771 g/mol. The molecule has 0 spiro atoms. The third kappa shape index (κ3) is 8.01. The zero-order valence-electron chi connectivity index (χ0n) is 26.5. The molecule has 229 valence electrons. The fraction of sp³-hybridized carbons (Fsp3) is 0.368. The molecule has 3 nitrogen and oxygen atoms in total. The van der Waals surface area contributed by atoms with Crippen molar-refractivity contribution in [3.05, 3.63) is 90.3 Å². The van der Waals surface area contributed by atoms with Gasteiger partial charge in [-0.2, -0.15) is 0 Å². The van der Waals surface area contributed by atoms with Gasteiger partial charge in [-0.05, 0) is 47.9 Å². The fourth-order valence-corrected chi connectivity index (χ4v) is 6.60. The summed E-state index contributed by atoms with van der Waals surface area (Å²) in [5.41, 5.74) is 3.45. The van der Waals surface area contributed by atoms with E-state index < -0.39 is 0 Å². The van der Waals surface area contributed by atoms with Gasteiger partial charge in [-0.15, -0.1) is 40.5 Å². The maximum atomic E-state index is 11.7. The first-order valence-electron chi connectivity index (χ1n) is 15.3. The van der Waals surface area contributed by atoms with Gasteiger partial charge in [0.25, 0.3) is 0 Å². The largest absolute Gasteiger partial charge is 0.512 e. The van der Waals surface area contributed by atoms with E-state index in [4.69, 9.17) is 4.98 Å². The minimum Gasteiger partial charge on any atom is -0.512 e. The van der Waals surface area contributed by atoms with Crippen molar-refractivity contribution < 1.29 is 30.0 Å². The Morgan fingerprint density at radius 3 is 2.09 bits per heavy atom. The number of rotatable bonds is 8. The second kappa shape index (κ2) is 15.2. The van der Waals surface area contributed by atoms with Gasteiger partial charge in [0.05, 0.1) is 10.5 Å². The summed E-state index contributed by atoms with van der Waals surface area (Å²) in [7, 11) is 0. The topological polar surface area (TPSA) is 50.2 Å². The summed E-state index contributed by atoms with van der Waals surface area (Å²) in [6.07, 6.45) is 6.92. The molecule has 0 amide bonds. The van der Waals surface area contributed by atoms with E-state index in [2.05, 4.69) is 87.5 Å². The zero-order valence-corrected chi connectivity index (χ0v) is 29.7. The van der Waals surface area contributed by atoms with Gasteiger partial charge in [0, 0.05) is 54.6 Å². The molecule has 2 aromatic heterocycles. The van der Waals surface area contributed by atoms with E-state index >= 15 is 0 Å². The Morgan fingerprint density at radius 1 is 0.860 bits per heavy atom. The second-order valence-corrected chi connectivity index (χ2v) is 13.1. The number of fused-ring (bicyclic) bond motifs is 4. The van der Waals surface area contributed by atoms with Gasteiger partial charge in [-0.25, -0.2) is 0 Å². The van der Waals surface area contributed by atoms with Crippen LogP contribution in [0.25, 0.3) is 42.2 Å². The molecule has 5 rings (SSSR count). The van der Waals surface area contributed by atoms with E-state index in [9.17, 15) is 9.90 Å². The average molecular weight is 771 g/mol. The van der Waals surface area contributed by atoms with Crippen LogP contribution < -0.4 is 0 Å². The van der Waals surface area contributed by atoms with Crippen molar-refractivity contribution in [2.75, 3.05) is 0 Å². The Bertz CT molecular complexity index is 1700. The Balaban J connectivity index is 0.000000274. The van der Waals surface area contributed by atoms with Gasteiger partial charge in [0.1, 0.15) is 0 Å². The van der Waals surface area contributed by atoms with Gasteiger partial charge in [0.2, 0.25) is 0 Å². The van der Waals surface area contributed by atoms with Gasteiger partial charge in [0.15, 0.2) is 5.78 Å². The van der Waals surface area contributed by atoms with Crippen LogP contribution in [0.2, 0.25) is 0 Å². The minimum absolute atomic E-state index is 0. The molecule has 5 heteroatoms. The van der Waals surface area contributed by atoms with Crippen molar-refractivity contribution >= 4 is 48.1 Å². The van der Waals surface area contributed by atoms with E-state index in [1.165, 1.54) is 37.2 Å². The Hall–Kier alpha value is -2.85. The summed E-state index contributed by atoms with van der Waals surface area (Å²) in [6.45, 7) is 14.9.